The molecule has 33 heavy (non-hydrogen) atoms. The van der Waals surface area contributed by atoms with Crippen LogP contribution >= 0.6 is 23.4 Å². The number of carbonyl (C=O) groups is 3. The predicted octanol–water partition coefficient (Wildman–Crippen LogP) is 4.75. The molecule has 8 heteroatoms. The normalized spacial score (nSPS) is 46.2. The molecule has 182 valence electrons. The van der Waals surface area contributed by atoms with Gasteiger partial charge in [-0.05, 0) is 50.7 Å². The summed E-state index contributed by atoms with van der Waals surface area (Å²) >= 11 is 6.80. The Morgan fingerprint density at radius 3 is 2.67 bits per heavy atom. The zero-order valence-corrected chi connectivity index (χ0v) is 21.1. The van der Waals surface area contributed by atoms with E-state index in [1.165, 1.54) is 12.2 Å². The molecular weight excluding hydrogens is 467 g/mol. The van der Waals surface area contributed by atoms with Gasteiger partial charge in [0.1, 0.15) is 0 Å². The molecule has 0 radical (unpaired) electrons. The first kappa shape index (κ1) is 24.9. The summed E-state index contributed by atoms with van der Waals surface area (Å²) < 4.78 is 23.2. The number of allylic oxidation sites excluding steroid dienone is 4. The van der Waals surface area contributed by atoms with Crippen molar-refractivity contribution in [3.8, 4) is 0 Å². The number of rotatable bonds is 4. The van der Waals surface area contributed by atoms with Crippen molar-refractivity contribution in [2.45, 2.75) is 77.2 Å². The number of carbonyl (C=O) groups excluding carboxylic acids is 3. The molecule has 5 nitrogen and oxygen atoms in total. The molecule has 0 bridgehead atoms. The van der Waals surface area contributed by atoms with Gasteiger partial charge in [-0.2, -0.15) is 0 Å². The van der Waals surface area contributed by atoms with Crippen LogP contribution in [0.25, 0.3) is 0 Å². The molecule has 0 spiro atoms. The number of hydrogen-bond donors (Lipinski definition) is 1. The molecule has 0 aliphatic heterocycles. The topological polar surface area (TPSA) is 80.7 Å². The molecule has 0 aromatic heterocycles. The number of aliphatic hydroxyl groups is 1. The Bertz CT molecular complexity index is 951. The van der Waals surface area contributed by atoms with E-state index in [1.807, 2.05) is 13.8 Å². The lowest BCUT2D eigenvalue weighted by molar-refractivity contribution is -0.225. The summed E-state index contributed by atoms with van der Waals surface area (Å²) in [7, 11) is 0. The molecular formula is C25H32ClFO5S. The highest BCUT2D eigenvalue weighted by Crippen LogP contribution is 2.71. The van der Waals surface area contributed by atoms with Crippen LogP contribution in [0, 0.1) is 28.6 Å². The van der Waals surface area contributed by atoms with Gasteiger partial charge in [0.2, 0.25) is 5.12 Å². The van der Waals surface area contributed by atoms with Gasteiger partial charge in [-0.1, -0.05) is 44.2 Å². The van der Waals surface area contributed by atoms with Crippen molar-refractivity contribution in [2.24, 2.45) is 28.6 Å². The van der Waals surface area contributed by atoms with Crippen LogP contribution < -0.4 is 0 Å². The van der Waals surface area contributed by atoms with Gasteiger partial charge in [0.15, 0.2) is 17.1 Å². The van der Waals surface area contributed by atoms with Gasteiger partial charge in [0.05, 0.1) is 11.3 Å². The Labute approximate surface area is 203 Å². The van der Waals surface area contributed by atoms with E-state index in [9.17, 15) is 19.5 Å². The molecule has 4 rings (SSSR count). The summed E-state index contributed by atoms with van der Waals surface area (Å²) in [6.45, 7) is 7.18. The summed E-state index contributed by atoms with van der Waals surface area (Å²) in [5.41, 5.74) is -4.82. The number of halogens is 2. The van der Waals surface area contributed by atoms with E-state index in [1.54, 1.807) is 19.9 Å². The molecule has 0 aromatic carbocycles. The first-order valence-electron chi connectivity index (χ1n) is 11.7. The third kappa shape index (κ3) is 3.10. The third-order valence-electron chi connectivity index (χ3n) is 9.23. The molecule has 0 heterocycles. The minimum Gasteiger partial charge on any atom is -0.449 e. The predicted molar refractivity (Wildman–Crippen MR) is 125 cm³/mol. The molecule has 4 aliphatic rings. The van der Waals surface area contributed by atoms with E-state index in [0.29, 0.717) is 24.8 Å². The number of alkyl halides is 2. The number of esters is 1. The number of aliphatic hydroxyl groups excluding tert-OH is 1. The van der Waals surface area contributed by atoms with E-state index in [2.05, 4.69) is 0 Å². The van der Waals surface area contributed by atoms with Gasteiger partial charge in [-0.25, -0.2) is 4.39 Å². The second-order valence-electron chi connectivity index (χ2n) is 10.5. The molecule has 3 saturated carbocycles. The second kappa shape index (κ2) is 8.20. The lowest BCUT2D eigenvalue weighted by atomic mass is 9.45. The first-order valence-corrected chi connectivity index (χ1v) is 13.2. The maximum atomic E-state index is 17.3. The fourth-order valence-corrected chi connectivity index (χ4v) is 8.72. The van der Waals surface area contributed by atoms with Gasteiger partial charge in [-0.15, -0.1) is 11.6 Å². The Hall–Kier alpha value is -1.18. The van der Waals surface area contributed by atoms with Gasteiger partial charge >= 0.3 is 5.97 Å². The quantitative estimate of drug-likeness (QED) is 0.445. The largest absolute Gasteiger partial charge is 0.449 e. The van der Waals surface area contributed by atoms with Crippen LogP contribution in [-0.4, -0.2) is 44.6 Å². The van der Waals surface area contributed by atoms with Crippen LogP contribution in [-0.2, 0) is 19.1 Å². The zero-order valence-electron chi connectivity index (χ0n) is 19.5. The Morgan fingerprint density at radius 2 is 2.03 bits per heavy atom. The van der Waals surface area contributed by atoms with Crippen LogP contribution in [0.15, 0.2) is 23.8 Å². The van der Waals surface area contributed by atoms with Crippen LogP contribution in [0.3, 0.4) is 0 Å². The average Bonchev–Trinajstić information content (AvgIpc) is 2.97. The number of ether oxygens (including phenoxy) is 1. The van der Waals surface area contributed by atoms with Crippen molar-refractivity contribution >= 4 is 40.2 Å². The van der Waals surface area contributed by atoms with Crippen molar-refractivity contribution in [2.75, 3.05) is 5.21 Å². The van der Waals surface area contributed by atoms with Crippen molar-refractivity contribution in [1.82, 2.24) is 0 Å². The summed E-state index contributed by atoms with van der Waals surface area (Å²) in [6, 6.07) is 0. The van der Waals surface area contributed by atoms with E-state index < -0.39 is 40.1 Å². The number of hydrogen-bond acceptors (Lipinski definition) is 6. The van der Waals surface area contributed by atoms with Gasteiger partial charge in [0.25, 0.3) is 0 Å². The van der Waals surface area contributed by atoms with E-state index in [-0.39, 0.29) is 40.8 Å². The van der Waals surface area contributed by atoms with Gasteiger partial charge in [0, 0.05) is 29.1 Å². The fraction of sp³-hybridized carbons (Fsp3) is 0.720. The fourth-order valence-electron chi connectivity index (χ4n) is 7.63. The Morgan fingerprint density at radius 1 is 1.33 bits per heavy atom. The third-order valence-corrected chi connectivity index (χ3v) is 10.2. The van der Waals surface area contributed by atoms with Crippen LogP contribution in [0.5, 0.6) is 0 Å². The van der Waals surface area contributed by atoms with E-state index in [4.69, 9.17) is 16.3 Å². The highest BCUT2D eigenvalue weighted by molar-refractivity contribution is 8.14. The van der Waals surface area contributed by atoms with Crippen LogP contribution in [0.2, 0.25) is 0 Å². The summed E-state index contributed by atoms with van der Waals surface area (Å²) in [4.78, 5) is 38.1. The van der Waals surface area contributed by atoms with Gasteiger partial charge < -0.3 is 9.84 Å². The average molecular weight is 499 g/mol. The highest BCUT2D eigenvalue weighted by atomic mass is 35.5. The molecule has 0 saturated heterocycles. The van der Waals surface area contributed by atoms with E-state index in [0.717, 1.165) is 11.8 Å². The minimum absolute atomic E-state index is 0.0157. The Kier molecular flexibility index (Phi) is 6.19. The van der Waals surface area contributed by atoms with Crippen molar-refractivity contribution in [3.63, 3.8) is 0 Å². The van der Waals surface area contributed by atoms with Crippen LogP contribution in [0.1, 0.15) is 59.8 Å². The summed E-state index contributed by atoms with van der Waals surface area (Å²) in [5.74, 6) is -1.84. The van der Waals surface area contributed by atoms with Crippen molar-refractivity contribution in [3.05, 3.63) is 23.8 Å². The molecule has 0 amide bonds. The van der Waals surface area contributed by atoms with E-state index >= 15 is 4.39 Å². The Balaban J connectivity index is 1.84. The SMILES string of the molecule is CCC(=O)O[C@]1(C(=O)SCCl)[C@H](C)C[C@H]2[C@@H]3CCC4=CC(=O)C=C[C@]4(C)[C@@]3(F)[C@@H](O)C[C@@]21C. The zero-order chi connectivity index (χ0) is 24.4. The molecule has 0 aromatic rings. The number of fused-ring (bicyclic) bond motifs is 5. The highest BCUT2D eigenvalue weighted by Gasteiger charge is 2.77. The molecule has 8 atom stereocenters. The van der Waals surface area contributed by atoms with Gasteiger partial charge in [-0.3, -0.25) is 14.4 Å². The molecule has 0 unspecified atom stereocenters. The maximum Gasteiger partial charge on any atom is 0.306 e. The van der Waals surface area contributed by atoms with Crippen molar-refractivity contribution < 1.29 is 28.6 Å². The second-order valence-corrected chi connectivity index (χ2v) is 12.0. The number of thioether (sulfide) groups is 1. The monoisotopic (exact) mass is 498 g/mol. The maximum absolute atomic E-state index is 17.3. The minimum atomic E-state index is -1.99. The molecule has 3 fully saturated rings. The lowest BCUT2D eigenvalue weighted by Crippen LogP contribution is -2.69. The van der Waals surface area contributed by atoms with Crippen LogP contribution in [0.4, 0.5) is 4.39 Å². The summed E-state index contributed by atoms with van der Waals surface area (Å²) in [6.07, 6.45) is 4.70. The molecule has 4 aliphatic carbocycles. The standard InChI is InChI=1S/C25H32ClFO5S/c1-5-20(30)32-25(21(31)33-13-26)14(2)10-18-17-7-6-15-11-16(28)8-9-22(15,3)24(17,27)19(29)12-23(18,25)4/h8-9,11,14,17-19,29H,5-7,10,12-13H2,1-4H3/t14-,17+,18+,19+,22+,23+,24+,25+/m1/s1. The van der Waals surface area contributed by atoms with Crippen molar-refractivity contribution in [1.29, 1.82) is 0 Å². The smallest absolute Gasteiger partial charge is 0.306 e. The number of ketones is 1. The first-order chi connectivity index (χ1) is 15.4. The molecule has 1 N–H and O–H groups in total. The lowest BCUT2D eigenvalue weighted by Gasteiger charge is -2.62. The summed E-state index contributed by atoms with van der Waals surface area (Å²) in [5, 5.41) is 11.1.